The Hall–Kier alpha value is -2.46. The van der Waals surface area contributed by atoms with Gasteiger partial charge in [-0.2, -0.15) is 0 Å². The van der Waals surface area contributed by atoms with Crippen LogP contribution in [0.3, 0.4) is 0 Å². The Kier molecular flexibility index (Phi) is 7.94. The van der Waals surface area contributed by atoms with Crippen molar-refractivity contribution in [3.05, 3.63) is 24.5 Å². The molecule has 1 aliphatic rings. The fourth-order valence-corrected chi connectivity index (χ4v) is 3.83. The van der Waals surface area contributed by atoms with E-state index >= 15 is 0 Å². The molecule has 0 amide bonds. The fourth-order valence-electron chi connectivity index (χ4n) is 2.74. The summed E-state index contributed by atoms with van der Waals surface area (Å²) in [5, 5.41) is 0. The van der Waals surface area contributed by atoms with Crippen LogP contribution in [0.5, 0.6) is 0 Å². The first kappa shape index (κ1) is 21.8. The molecule has 3 unspecified atom stereocenters. The van der Waals surface area contributed by atoms with Gasteiger partial charge in [0, 0.05) is 38.1 Å². The Morgan fingerprint density at radius 3 is 2.25 bits per heavy atom. The first-order valence-electron chi connectivity index (χ1n) is 8.47. The summed E-state index contributed by atoms with van der Waals surface area (Å²) in [5.74, 6) is -1.62. The third-order valence-electron chi connectivity index (χ3n) is 3.78. The highest BCUT2D eigenvalue weighted by Gasteiger charge is 2.50. The van der Waals surface area contributed by atoms with Gasteiger partial charge in [0.15, 0.2) is 12.2 Å². The van der Waals surface area contributed by atoms with Gasteiger partial charge in [0.1, 0.15) is 24.2 Å². The molecule has 152 valence electrons. The van der Waals surface area contributed by atoms with E-state index < -0.39 is 47.7 Å². The van der Waals surface area contributed by atoms with Crippen LogP contribution in [0.25, 0.3) is 0 Å². The predicted molar refractivity (Wildman–Crippen MR) is 99.8 cm³/mol. The molecule has 1 aromatic rings. The summed E-state index contributed by atoms with van der Waals surface area (Å²) in [5.41, 5.74) is -0.700. The average Bonchev–Trinajstić information content (AvgIpc) is 2.62. The van der Waals surface area contributed by atoms with Gasteiger partial charge in [-0.3, -0.25) is 24.4 Å². The Labute approximate surface area is 166 Å². The molecule has 28 heavy (non-hydrogen) atoms. The molecule has 0 bridgehead atoms. The number of pyridine rings is 1. The molecule has 0 saturated carbocycles. The normalized spacial score (nSPS) is 26.8. The van der Waals surface area contributed by atoms with E-state index in [0.717, 1.165) is 4.90 Å². The number of hydrogen-bond donors (Lipinski definition) is 0. The molecule has 1 aliphatic heterocycles. The van der Waals surface area contributed by atoms with Crippen molar-refractivity contribution in [3.8, 4) is 0 Å². The van der Waals surface area contributed by atoms with E-state index in [2.05, 4.69) is 16.7 Å². The Bertz CT molecular complexity index is 715. The van der Waals surface area contributed by atoms with Crippen LogP contribution in [0.1, 0.15) is 20.8 Å². The van der Waals surface area contributed by atoms with Crippen molar-refractivity contribution < 1.29 is 33.3 Å². The standard InChI is InChI=1S/C18H22N2O7S/c1-10(21)24-9-14-16(25-11(2)22)15(19-4)17(26-12(3)23)18(27-14)28-13-5-7-20-8-6-13/h5-8,14-18H,4,9H2,1-3H3/t14?,15?,16-,17?,18+/m0/s1. The van der Waals surface area contributed by atoms with Gasteiger partial charge in [-0.05, 0) is 18.9 Å². The van der Waals surface area contributed by atoms with Crippen molar-refractivity contribution in [2.24, 2.45) is 4.99 Å². The van der Waals surface area contributed by atoms with Crippen molar-refractivity contribution in [2.45, 2.75) is 55.5 Å². The van der Waals surface area contributed by atoms with Gasteiger partial charge in [0.2, 0.25) is 0 Å². The number of carbonyl (C=O) groups excluding carboxylic acids is 3. The van der Waals surface area contributed by atoms with E-state index in [1.54, 1.807) is 24.5 Å². The Balaban J connectivity index is 2.34. The lowest BCUT2D eigenvalue weighted by molar-refractivity contribution is -0.200. The lowest BCUT2D eigenvalue weighted by Crippen LogP contribution is -2.59. The number of aromatic nitrogens is 1. The van der Waals surface area contributed by atoms with Crippen LogP contribution >= 0.6 is 11.8 Å². The minimum Gasteiger partial charge on any atom is -0.463 e. The monoisotopic (exact) mass is 410 g/mol. The second-order valence-electron chi connectivity index (χ2n) is 5.97. The fraction of sp³-hybridized carbons (Fsp3) is 0.500. The summed E-state index contributed by atoms with van der Waals surface area (Å²) in [7, 11) is 0. The van der Waals surface area contributed by atoms with Crippen molar-refractivity contribution in [1.82, 2.24) is 4.98 Å². The highest BCUT2D eigenvalue weighted by Crippen LogP contribution is 2.37. The molecule has 1 fully saturated rings. The smallest absolute Gasteiger partial charge is 0.303 e. The van der Waals surface area contributed by atoms with E-state index in [0.29, 0.717) is 0 Å². The molecule has 10 heteroatoms. The average molecular weight is 410 g/mol. The lowest BCUT2D eigenvalue weighted by Gasteiger charge is -2.43. The molecule has 2 heterocycles. The summed E-state index contributed by atoms with van der Waals surface area (Å²) in [6.07, 6.45) is 0.619. The van der Waals surface area contributed by atoms with E-state index in [1.807, 2.05) is 0 Å². The number of thioether (sulfide) groups is 1. The quantitative estimate of drug-likeness (QED) is 0.374. The molecule has 9 nitrogen and oxygen atoms in total. The highest BCUT2D eigenvalue weighted by molar-refractivity contribution is 7.99. The number of esters is 3. The van der Waals surface area contributed by atoms with Crippen molar-refractivity contribution in [2.75, 3.05) is 6.61 Å². The highest BCUT2D eigenvalue weighted by atomic mass is 32.2. The van der Waals surface area contributed by atoms with Crippen LogP contribution in [-0.2, 0) is 33.3 Å². The summed E-state index contributed by atoms with van der Waals surface area (Å²) in [6, 6.07) is 2.74. The molecule has 0 N–H and O–H groups in total. The summed E-state index contributed by atoms with van der Waals surface area (Å²) >= 11 is 1.28. The maximum Gasteiger partial charge on any atom is 0.303 e. The molecular weight excluding hydrogens is 388 g/mol. The third kappa shape index (κ3) is 6.03. The molecular formula is C18H22N2O7S. The van der Waals surface area contributed by atoms with E-state index in [9.17, 15) is 14.4 Å². The molecule has 0 aliphatic carbocycles. The van der Waals surface area contributed by atoms with E-state index in [-0.39, 0.29) is 6.61 Å². The van der Waals surface area contributed by atoms with Gasteiger partial charge in [0.05, 0.1) is 0 Å². The van der Waals surface area contributed by atoms with Crippen molar-refractivity contribution in [1.29, 1.82) is 0 Å². The van der Waals surface area contributed by atoms with Crippen LogP contribution < -0.4 is 0 Å². The number of rotatable bonds is 7. The largest absolute Gasteiger partial charge is 0.463 e. The molecule has 0 radical (unpaired) electrons. The van der Waals surface area contributed by atoms with Gasteiger partial charge in [-0.15, -0.1) is 0 Å². The lowest BCUT2D eigenvalue weighted by atomic mass is 9.97. The summed E-state index contributed by atoms with van der Waals surface area (Å²) in [6.45, 7) is 7.17. The summed E-state index contributed by atoms with van der Waals surface area (Å²) in [4.78, 5) is 43.3. The molecule has 1 saturated heterocycles. The van der Waals surface area contributed by atoms with E-state index in [4.69, 9.17) is 18.9 Å². The number of hydrogen-bond acceptors (Lipinski definition) is 10. The van der Waals surface area contributed by atoms with Crippen LogP contribution in [0.2, 0.25) is 0 Å². The van der Waals surface area contributed by atoms with Crippen LogP contribution in [0, 0.1) is 0 Å². The number of aliphatic imine (C=N–C) groups is 1. The molecule has 2 rings (SSSR count). The first-order chi connectivity index (χ1) is 13.3. The molecule has 0 aromatic carbocycles. The second-order valence-corrected chi connectivity index (χ2v) is 7.14. The van der Waals surface area contributed by atoms with Gasteiger partial charge in [-0.1, -0.05) is 11.8 Å². The van der Waals surface area contributed by atoms with Crippen LogP contribution in [-0.4, -0.2) is 66.0 Å². The van der Waals surface area contributed by atoms with Gasteiger partial charge in [0.25, 0.3) is 0 Å². The first-order valence-corrected chi connectivity index (χ1v) is 9.35. The third-order valence-corrected chi connectivity index (χ3v) is 4.94. The second kappa shape index (κ2) is 10.2. The van der Waals surface area contributed by atoms with Crippen molar-refractivity contribution >= 4 is 36.4 Å². The maximum absolute atomic E-state index is 11.7. The van der Waals surface area contributed by atoms with Crippen LogP contribution in [0.15, 0.2) is 34.4 Å². The predicted octanol–water partition coefficient (Wildman–Crippen LogP) is 1.39. The molecule has 0 spiro atoms. The minimum atomic E-state index is -0.937. The number of carbonyl (C=O) groups is 3. The molecule has 1 aromatic heterocycles. The zero-order valence-corrected chi connectivity index (χ0v) is 16.6. The van der Waals surface area contributed by atoms with Gasteiger partial charge in [-0.25, -0.2) is 0 Å². The van der Waals surface area contributed by atoms with Crippen molar-refractivity contribution in [3.63, 3.8) is 0 Å². The Morgan fingerprint density at radius 1 is 1.11 bits per heavy atom. The van der Waals surface area contributed by atoms with Crippen LogP contribution in [0.4, 0.5) is 0 Å². The van der Waals surface area contributed by atoms with Gasteiger partial charge >= 0.3 is 17.9 Å². The Morgan fingerprint density at radius 2 is 1.71 bits per heavy atom. The summed E-state index contributed by atoms with van der Waals surface area (Å²) < 4.78 is 21.9. The number of ether oxygens (including phenoxy) is 4. The van der Waals surface area contributed by atoms with E-state index in [1.165, 1.54) is 32.5 Å². The number of nitrogens with zero attached hydrogens (tertiary/aromatic N) is 2. The maximum atomic E-state index is 11.7. The zero-order chi connectivity index (χ0) is 20.7. The SMILES string of the molecule is C=NC1C(OC(C)=O)[C@@H](Sc2ccncc2)OC(COC(C)=O)[C@@H]1OC(C)=O. The van der Waals surface area contributed by atoms with Gasteiger partial charge < -0.3 is 18.9 Å². The topological polar surface area (TPSA) is 113 Å². The minimum absolute atomic E-state index is 0.153. The molecule has 5 atom stereocenters. The zero-order valence-electron chi connectivity index (χ0n) is 15.8.